The number of carbonyl (C=O) groups is 1. The summed E-state index contributed by atoms with van der Waals surface area (Å²) < 4.78 is 7.22. The molecule has 2 aromatic heterocycles. The number of nitrogens with zero attached hydrogens (tertiary/aromatic N) is 3. The molecule has 7 rings (SSSR count). The van der Waals surface area contributed by atoms with Crippen molar-refractivity contribution in [2.24, 2.45) is 5.10 Å². The van der Waals surface area contributed by atoms with Gasteiger partial charge in [0.1, 0.15) is 10.6 Å². The van der Waals surface area contributed by atoms with Gasteiger partial charge in [-0.1, -0.05) is 60.3 Å². The molecule has 0 spiro atoms. The summed E-state index contributed by atoms with van der Waals surface area (Å²) in [6, 6.07) is 25.9. The second-order valence-corrected chi connectivity index (χ2v) is 12.3. The summed E-state index contributed by atoms with van der Waals surface area (Å²) in [6.07, 6.45) is 4.65. The molecule has 4 aromatic carbocycles. The maximum atomic E-state index is 13.9. The lowest BCUT2D eigenvalue weighted by Gasteiger charge is -2.13. The zero-order chi connectivity index (χ0) is 29.3. The molecular weight excluding hydrogens is 577 g/mol. The summed E-state index contributed by atoms with van der Waals surface area (Å²) in [7, 11) is 0. The monoisotopic (exact) mass is 604 g/mol. The SMILES string of the molecule is CCOc1ccc(-n2c(SCC(=O)NN=Cc3c4ccccc4cc4ccccc34)nc3sc4c(c3c2=O)CCC4)cc1. The van der Waals surface area contributed by atoms with E-state index in [0.29, 0.717) is 22.8 Å². The lowest BCUT2D eigenvalue weighted by Crippen LogP contribution is -2.24. The number of benzene rings is 4. The highest BCUT2D eigenvalue weighted by molar-refractivity contribution is 7.99. The van der Waals surface area contributed by atoms with Gasteiger partial charge in [-0.25, -0.2) is 10.4 Å². The van der Waals surface area contributed by atoms with Crippen LogP contribution < -0.4 is 15.7 Å². The quantitative estimate of drug-likeness (QED) is 0.0673. The van der Waals surface area contributed by atoms with E-state index in [1.807, 2.05) is 55.5 Å². The van der Waals surface area contributed by atoms with Gasteiger partial charge in [-0.3, -0.25) is 14.2 Å². The third-order valence-corrected chi connectivity index (χ3v) is 9.77. The van der Waals surface area contributed by atoms with E-state index in [2.05, 4.69) is 40.9 Å². The zero-order valence-electron chi connectivity index (χ0n) is 23.5. The predicted octanol–water partition coefficient (Wildman–Crippen LogP) is 6.88. The fraction of sp³-hybridized carbons (Fsp3) is 0.176. The maximum Gasteiger partial charge on any atom is 0.267 e. The molecule has 0 aliphatic heterocycles. The average Bonchev–Trinajstić information content (AvgIpc) is 3.62. The number of thioether (sulfide) groups is 1. The maximum absolute atomic E-state index is 13.9. The van der Waals surface area contributed by atoms with Crippen LogP contribution in [0.4, 0.5) is 0 Å². The third kappa shape index (κ3) is 5.19. The lowest BCUT2D eigenvalue weighted by atomic mass is 9.97. The molecule has 1 amide bonds. The minimum absolute atomic E-state index is 0.0493. The Morgan fingerprint density at radius 3 is 2.49 bits per heavy atom. The smallest absolute Gasteiger partial charge is 0.267 e. The van der Waals surface area contributed by atoms with Gasteiger partial charge >= 0.3 is 0 Å². The second-order valence-electron chi connectivity index (χ2n) is 10.3. The van der Waals surface area contributed by atoms with Crippen LogP contribution in [0.15, 0.2) is 93.9 Å². The summed E-state index contributed by atoms with van der Waals surface area (Å²) in [5, 5.41) is 9.84. The molecule has 1 aliphatic carbocycles. The van der Waals surface area contributed by atoms with Gasteiger partial charge in [0.25, 0.3) is 11.5 Å². The number of hydrazone groups is 1. The van der Waals surface area contributed by atoms with E-state index in [1.54, 1.807) is 22.1 Å². The standard InChI is InChI=1S/C34H28N4O3S2/c1-2-41-24-16-14-23(15-17-24)38-33(40)31-27-12-7-13-29(27)43-32(31)36-34(38)42-20-30(39)37-35-19-28-25-10-5-3-8-21(25)18-22-9-4-6-11-26(22)28/h3-6,8-11,14-19H,2,7,12-13,20H2,1H3,(H,37,39). The minimum atomic E-state index is -0.285. The second kappa shape index (κ2) is 11.7. The van der Waals surface area contributed by atoms with Crippen molar-refractivity contribution in [3.63, 3.8) is 0 Å². The number of hydrogen-bond acceptors (Lipinski definition) is 7. The Hall–Kier alpha value is -4.47. The molecule has 9 heteroatoms. The molecule has 2 heterocycles. The summed E-state index contributed by atoms with van der Waals surface area (Å²) >= 11 is 2.82. The number of ether oxygens (including phenoxy) is 1. The van der Waals surface area contributed by atoms with E-state index in [4.69, 9.17) is 9.72 Å². The zero-order valence-corrected chi connectivity index (χ0v) is 25.1. The van der Waals surface area contributed by atoms with E-state index in [9.17, 15) is 9.59 Å². The van der Waals surface area contributed by atoms with Crippen LogP contribution in [0.2, 0.25) is 0 Å². The van der Waals surface area contributed by atoms with Crippen molar-refractivity contribution in [1.29, 1.82) is 0 Å². The van der Waals surface area contributed by atoms with Crippen LogP contribution in [0.1, 0.15) is 29.3 Å². The van der Waals surface area contributed by atoms with E-state index in [1.165, 1.54) is 16.6 Å². The van der Waals surface area contributed by atoms with Gasteiger partial charge in [-0.15, -0.1) is 11.3 Å². The minimum Gasteiger partial charge on any atom is -0.494 e. The van der Waals surface area contributed by atoms with Gasteiger partial charge in [-0.05, 0) is 83.6 Å². The molecule has 0 saturated carbocycles. The molecular formula is C34H28N4O3S2. The molecule has 0 bridgehead atoms. The summed E-state index contributed by atoms with van der Waals surface area (Å²) in [5.74, 6) is 0.496. The van der Waals surface area contributed by atoms with E-state index < -0.39 is 0 Å². The van der Waals surface area contributed by atoms with Crippen LogP contribution in [-0.2, 0) is 17.6 Å². The van der Waals surface area contributed by atoms with Gasteiger partial charge in [0.15, 0.2) is 5.16 Å². The Morgan fingerprint density at radius 2 is 1.77 bits per heavy atom. The molecule has 1 aliphatic rings. The lowest BCUT2D eigenvalue weighted by molar-refractivity contribution is -0.118. The first-order valence-electron chi connectivity index (χ1n) is 14.3. The van der Waals surface area contributed by atoms with Crippen molar-refractivity contribution in [3.8, 4) is 11.4 Å². The molecule has 0 saturated heterocycles. The van der Waals surface area contributed by atoms with Crippen LogP contribution in [0.25, 0.3) is 37.4 Å². The van der Waals surface area contributed by atoms with Crippen LogP contribution >= 0.6 is 23.1 Å². The number of aromatic nitrogens is 2. The highest BCUT2D eigenvalue weighted by Crippen LogP contribution is 2.36. The van der Waals surface area contributed by atoms with Crippen molar-refractivity contribution in [2.45, 2.75) is 31.3 Å². The van der Waals surface area contributed by atoms with Crippen molar-refractivity contribution in [3.05, 3.63) is 105 Å². The molecule has 0 fully saturated rings. The molecule has 0 radical (unpaired) electrons. The van der Waals surface area contributed by atoms with Crippen LogP contribution in [-0.4, -0.2) is 34.0 Å². The number of hydrogen-bond donors (Lipinski definition) is 1. The van der Waals surface area contributed by atoms with Gasteiger partial charge in [-0.2, -0.15) is 5.10 Å². The molecule has 214 valence electrons. The summed E-state index contributed by atoms with van der Waals surface area (Å²) in [4.78, 5) is 33.8. The Kier molecular flexibility index (Phi) is 7.42. The van der Waals surface area contributed by atoms with E-state index >= 15 is 0 Å². The van der Waals surface area contributed by atoms with Gasteiger partial charge in [0.05, 0.1) is 29.6 Å². The molecule has 0 unspecified atom stereocenters. The Bertz CT molecular complexity index is 2040. The molecule has 43 heavy (non-hydrogen) atoms. The number of nitrogens with one attached hydrogen (secondary N) is 1. The Balaban J connectivity index is 1.17. The molecule has 0 atom stereocenters. The number of carbonyl (C=O) groups excluding carboxylic acids is 1. The number of aryl methyl sites for hydroxylation is 2. The normalized spacial score (nSPS) is 12.9. The van der Waals surface area contributed by atoms with Crippen molar-refractivity contribution < 1.29 is 9.53 Å². The Labute approximate surface area is 256 Å². The highest BCUT2D eigenvalue weighted by Gasteiger charge is 2.24. The van der Waals surface area contributed by atoms with Crippen LogP contribution in [0.5, 0.6) is 5.75 Å². The summed E-state index contributed by atoms with van der Waals surface area (Å²) in [6.45, 7) is 2.49. The molecule has 6 aromatic rings. The Morgan fingerprint density at radius 1 is 1.05 bits per heavy atom. The fourth-order valence-electron chi connectivity index (χ4n) is 5.73. The molecule has 1 N–H and O–H groups in total. The van der Waals surface area contributed by atoms with Crippen molar-refractivity contribution in [2.75, 3.05) is 12.4 Å². The van der Waals surface area contributed by atoms with Crippen LogP contribution in [0.3, 0.4) is 0 Å². The third-order valence-electron chi connectivity index (χ3n) is 7.64. The van der Waals surface area contributed by atoms with Gasteiger partial charge in [0, 0.05) is 10.4 Å². The fourth-order valence-corrected chi connectivity index (χ4v) is 7.83. The highest BCUT2D eigenvalue weighted by atomic mass is 32.2. The number of amides is 1. The first-order chi connectivity index (χ1) is 21.1. The van der Waals surface area contributed by atoms with Crippen molar-refractivity contribution in [1.82, 2.24) is 15.0 Å². The van der Waals surface area contributed by atoms with Gasteiger partial charge < -0.3 is 4.74 Å². The summed E-state index contributed by atoms with van der Waals surface area (Å²) in [5.41, 5.74) is 5.34. The number of fused-ring (bicyclic) bond motifs is 5. The van der Waals surface area contributed by atoms with Crippen LogP contribution in [0, 0.1) is 0 Å². The first kappa shape index (κ1) is 27.4. The molecule has 7 nitrogen and oxygen atoms in total. The number of rotatable bonds is 8. The average molecular weight is 605 g/mol. The van der Waals surface area contributed by atoms with Crippen molar-refractivity contribution >= 4 is 67.0 Å². The predicted molar refractivity (Wildman–Crippen MR) is 176 cm³/mol. The number of thiophene rings is 1. The first-order valence-corrected chi connectivity index (χ1v) is 16.1. The largest absolute Gasteiger partial charge is 0.494 e. The van der Waals surface area contributed by atoms with Gasteiger partial charge in [0.2, 0.25) is 0 Å². The van der Waals surface area contributed by atoms with E-state index in [0.717, 1.165) is 62.5 Å². The topological polar surface area (TPSA) is 85.6 Å². The van der Waals surface area contributed by atoms with E-state index in [-0.39, 0.29) is 17.2 Å².